The predicted molar refractivity (Wildman–Crippen MR) is 76.8 cm³/mol. The highest BCUT2D eigenvalue weighted by Crippen LogP contribution is 2.21. The number of nitrogens with one attached hydrogen (secondary N) is 1. The van der Waals surface area contributed by atoms with Gasteiger partial charge in [0.25, 0.3) is 0 Å². The van der Waals surface area contributed by atoms with Crippen LogP contribution in [0.15, 0.2) is 0 Å². The molecule has 5 nitrogen and oxygen atoms in total. The number of nitrogens with zero attached hydrogens (tertiary/aromatic N) is 1. The second-order valence-corrected chi connectivity index (χ2v) is 8.37. The molecule has 0 aliphatic carbocycles. The zero-order chi connectivity index (χ0) is 14.7. The summed E-state index contributed by atoms with van der Waals surface area (Å²) in [4.78, 5) is 14.0. The molecular weight excluding hydrogens is 264 g/mol. The first-order valence-electron chi connectivity index (χ1n) is 6.92. The summed E-state index contributed by atoms with van der Waals surface area (Å²) in [5, 5.41) is 3.44. The van der Waals surface area contributed by atoms with Crippen molar-refractivity contribution in [2.75, 3.05) is 25.9 Å². The molecule has 0 radical (unpaired) electrons. The molecule has 1 rings (SSSR count). The number of likely N-dealkylation sites (tertiary alicyclic amines) is 1. The van der Waals surface area contributed by atoms with Crippen molar-refractivity contribution in [2.45, 2.75) is 50.8 Å². The number of sulfone groups is 1. The van der Waals surface area contributed by atoms with Crippen molar-refractivity contribution < 1.29 is 13.2 Å². The van der Waals surface area contributed by atoms with Crippen molar-refractivity contribution in [1.82, 2.24) is 10.2 Å². The van der Waals surface area contributed by atoms with E-state index in [1.54, 1.807) is 4.90 Å². The van der Waals surface area contributed by atoms with Crippen LogP contribution in [0.5, 0.6) is 0 Å². The van der Waals surface area contributed by atoms with Crippen LogP contribution in [0.1, 0.15) is 40.0 Å². The summed E-state index contributed by atoms with van der Waals surface area (Å²) in [6.45, 7) is 7.38. The first kappa shape index (κ1) is 16.4. The van der Waals surface area contributed by atoms with Gasteiger partial charge in [-0.25, -0.2) is 8.42 Å². The Hall–Kier alpha value is -0.620. The van der Waals surface area contributed by atoms with Crippen LogP contribution >= 0.6 is 0 Å². The summed E-state index contributed by atoms with van der Waals surface area (Å²) >= 11 is 0. The van der Waals surface area contributed by atoms with Crippen molar-refractivity contribution in [3.63, 3.8) is 0 Å². The van der Waals surface area contributed by atoms with Crippen LogP contribution < -0.4 is 5.32 Å². The van der Waals surface area contributed by atoms with E-state index in [4.69, 9.17) is 0 Å². The van der Waals surface area contributed by atoms with Gasteiger partial charge in [0, 0.05) is 25.4 Å². The van der Waals surface area contributed by atoms with E-state index >= 15 is 0 Å². The monoisotopic (exact) mass is 290 g/mol. The molecule has 0 saturated carbocycles. The summed E-state index contributed by atoms with van der Waals surface area (Å²) in [6.07, 6.45) is 4.01. The van der Waals surface area contributed by atoms with Crippen LogP contribution in [-0.4, -0.2) is 55.9 Å². The normalized spacial score (nSPS) is 18.6. The molecule has 1 amide bonds. The smallest absolute Gasteiger partial charge is 0.243 e. The quantitative estimate of drug-likeness (QED) is 0.813. The lowest BCUT2D eigenvalue weighted by Crippen LogP contribution is -2.53. The Morgan fingerprint density at radius 3 is 2.26 bits per heavy atom. The highest BCUT2D eigenvalue weighted by molar-refractivity contribution is 7.92. The first-order chi connectivity index (χ1) is 8.70. The number of hydrogen-bond acceptors (Lipinski definition) is 4. The maximum atomic E-state index is 12.3. The third kappa shape index (κ3) is 3.92. The highest BCUT2D eigenvalue weighted by Gasteiger charge is 2.42. The molecule has 6 heteroatoms. The van der Waals surface area contributed by atoms with Gasteiger partial charge in [0.1, 0.15) is 4.75 Å². The number of rotatable bonds is 5. The lowest BCUT2D eigenvalue weighted by atomic mass is 10.0. The van der Waals surface area contributed by atoms with Crippen molar-refractivity contribution in [1.29, 1.82) is 0 Å². The zero-order valence-corrected chi connectivity index (χ0v) is 13.2. The van der Waals surface area contributed by atoms with Gasteiger partial charge in [-0.15, -0.1) is 0 Å². The van der Waals surface area contributed by atoms with Gasteiger partial charge in [-0.1, -0.05) is 6.92 Å². The van der Waals surface area contributed by atoms with Crippen molar-refractivity contribution in [3.8, 4) is 0 Å². The molecule has 1 aliphatic heterocycles. The Morgan fingerprint density at radius 1 is 1.32 bits per heavy atom. The Kier molecular flexibility index (Phi) is 5.38. The fraction of sp³-hybridized carbons (Fsp3) is 0.923. The minimum atomic E-state index is -3.39. The molecule has 0 spiro atoms. The van der Waals surface area contributed by atoms with Gasteiger partial charge in [-0.2, -0.15) is 0 Å². The van der Waals surface area contributed by atoms with E-state index in [9.17, 15) is 13.2 Å². The SMILES string of the molecule is CCCNC1CCN(C(=O)C(C)(C)S(C)(=O)=O)CC1. The highest BCUT2D eigenvalue weighted by atomic mass is 32.2. The predicted octanol–water partition coefficient (Wildman–Crippen LogP) is 0.800. The molecule has 112 valence electrons. The summed E-state index contributed by atoms with van der Waals surface area (Å²) in [5.74, 6) is -0.274. The molecule has 0 aromatic carbocycles. The zero-order valence-electron chi connectivity index (χ0n) is 12.4. The molecule has 1 aliphatic rings. The maximum Gasteiger partial charge on any atom is 0.243 e. The molecule has 0 unspecified atom stereocenters. The van der Waals surface area contributed by atoms with Gasteiger partial charge in [0.2, 0.25) is 5.91 Å². The molecule has 0 atom stereocenters. The average Bonchev–Trinajstić information content (AvgIpc) is 2.34. The second kappa shape index (κ2) is 6.22. The Balaban J connectivity index is 2.59. The lowest BCUT2D eigenvalue weighted by Gasteiger charge is -2.36. The van der Waals surface area contributed by atoms with Crippen LogP contribution in [0, 0.1) is 0 Å². The Morgan fingerprint density at radius 2 is 1.84 bits per heavy atom. The van der Waals surface area contributed by atoms with E-state index < -0.39 is 14.6 Å². The number of piperidine rings is 1. The third-order valence-electron chi connectivity index (χ3n) is 3.91. The summed E-state index contributed by atoms with van der Waals surface area (Å²) in [6, 6.07) is 0.449. The summed E-state index contributed by atoms with van der Waals surface area (Å²) in [5.41, 5.74) is 0. The number of carbonyl (C=O) groups excluding carboxylic acids is 1. The van der Waals surface area contributed by atoms with E-state index in [1.807, 2.05) is 0 Å². The van der Waals surface area contributed by atoms with Gasteiger partial charge in [-0.3, -0.25) is 4.79 Å². The average molecular weight is 290 g/mol. The van der Waals surface area contributed by atoms with Crippen LogP contribution in [0.4, 0.5) is 0 Å². The van der Waals surface area contributed by atoms with Crippen molar-refractivity contribution in [2.24, 2.45) is 0 Å². The Labute approximate surface area is 116 Å². The van der Waals surface area contributed by atoms with E-state index in [0.717, 1.165) is 32.1 Å². The number of amides is 1. The molecule has 1 saturated heterocycles. The summed E-state index contributed by atoms with van der Waals surface area (Å²) < 4.78 is 22.0. The van der Waals surface area contributed by atoms with Crippen molar-refractivity contribution in [3.05, 3.63) is 0 Å². The second-order valence-electron chi connectivity index (χ2n) is 5.80. The molecule has 1 heterocycles. The van der Waals surface area contributed by atoms with Gasteiger partial charge in [0.15, 0.2) is 9.84 Å². The molecular formula is C13H26N2O3S. The summed E-state index contributed by atoms with van der Waals surface area (Å²) in [7, 11) is -3.39. The Bertz CT molecular complexity index is 410. The number of carbonyl (C=O) groups is 1. The molecule has 0 aromatic rings. The first-order valence-corrected chi connectivity index (χ1v) is 8.81. The van der Waals surface area contributed by atoms with Crippen LogP contribution in [0.3, 0.4) is 0 Å². The lowest BCUT2D eigenvalue weighted by molar-refractivity contribution is -0.134. The molecule has 1 N–H and O–H groups in total. The van der Waals surface area contributed by atoms with E-state index in [2.05, 4.69) is 12.2 Å². The molecule has 0 aromatic heterocycles. The molecule has 0 bridgehead atoms. The van der Waals surface area contributed by atoms with Gasteiger partial charge in [0.05, 0.1) is 0 Å². The topological polar surface area (TPSA) is 66.5 Å². The van der Waals surface area contributed by atoms with Gasteiger partial charge < -0.3 is 10.2 Å². The van der Waals surface area contributed by atoms with E-state index in [1.165, 1.54) is 13.8 Å². The van der Waals surface area contributed by atoms with Crippen molar-refractivity contribution >= 4 is 15.7 Å². The van der Waals surface area contributed by atoms with Gasteiger partial charge in [-0.05, 0) is 39.7 Å². The molecule has 1 fully saturated rings. The third-order valence-corrected chi connectivity index (χ3v) is 5.94. The molecule has 19 heavy (non-hydrogen) atoms. The fourth-order valence-corrected chi connectivity index (χ4v) is 2.62. The van der Waals surface area contributed by atoms with Crippen LogP contribution in [0.25, 0.3) is 0 Å². The minimum absolute atomic E-state index is 0.274. The van der Waals surface area contributed by atoms with Crippen LogP contribution in [-0.2, 0) is 14.6 Å². The standard InChI is InChI=1S/C13H26N2O3S/c1-5-8-14-11-6-9-15(10-7-11)12(16)13(2,3)19(4,17)18/h11,14H,5-10H2,1-4H3. The largest absolute Gasteiger partial charge is 0.341 e. The fourth-order valence-electron chi connectivity index (χ4n) is 2.17. The maximum absolute atomic E-state index is 12.3. The van der Waals surface area contributed by atoms with E-state index in [-0.39, 0.29) is 5.91 Å². The van der Waals surface area contributed by atoms with E-state index in [0.29, 0.717) is 19.1 Å². The number of hydrogen-bond donors (Lipinski definition) is 1. The van der Waals surface area contributed by atoms with Crippen LogP contribution in [0.2, 0.25) is 0 Å². The minimum Gasteiger partial charge on any atom is -0.341 e. The van der Waals surface area contributed by atoms with Gasteiger partial charge >= 0.3 is 0 Å².